The van der Waals surface area contributed by atoms with E-state index < -0.39 is 26.6 Å². The number of hydrogen-bond donors (Lipinski definition) is 2. The van der Waals surface area contributed by atoms with Crippen LogP contribution in [0.3, 0.4) is 0 Å². The van der Waals surface area contributed by atoms with Crippen LogP contribution in [0.1, 0.15) is 10.4 Å². The predicted octanol–water partition coefficient (Wildman–Crippen LogP) is 1.45. The Hall–Kier alpha value is -2.54. The van der Waals surface area contributed by atoms with Crippen molar-refractivity contribution in [1.29, 1.82) is 0 Å². The van der Waals surface area contributed by atoms with E-state index in [0.717, 1.165) is 12.1 Å². The molecule has 2 aromatic carbocycles. The van der Waals surface area contributed by atoms with Crippen molar-refractivity contribution in [3.63, 3.8) is 0 Å². The monoisotopic (exact) mass is 291 g/mol. The summed E-state index contributed by atoms with van der Waals surface area (Å²) in [5, 5.41) is 19.1. The number of nitrogens with zero attached hydrogens (tertiary/aromatic N) is 1. The molecule has 6 nitrogen and oxygen atoms in total. The molecule has 0 saturated carbocycles. The standard InChI is InChI=1S/C13H9NO5S/c15-9-6-10-12(11(16)7-9)20(18,19)14(13(10)17)8-4-2-1-3-5-8/h1-7,15-16H. The van der Waals surface area contributed by atoms with Crippen molar-refractivity contribution >= 4 is 21.6 Å². The number of para-hydroxylation sites is 1. The first-order chi connectivity index (χ1) is 9.43. The number of aromatic hydroxyl groups is 2. The van der Waals surface area contributed by atoms with Gasteiger partial charge in [0.05, 0.1) is 11.3 Å². The van der Waals surface area contributed by atoms with Crippen molar-refractivity contribution in [2.45, 2.75) is 4.90 Å². The minimum atomic E-state index is -4.17. The molecule has 1 amide bonds. The summed E-state index contributed by atoms with van der Waals surface area (Å²) in [5.74, 6) is -1.83. The Morgan fingerprint density at radius 3 is 2.30 bits per heavy atom. The van der Waals surface area contributed by atoms with Crippen molar-refractivity contribution in [3.05, 3.63) is 48.0 Å². The molecule has 0 radical (unpaired) electrons. The van der Waals surface area contributed by atoms with Gasteiger partial charge in [-0.05, 0) is 18.2 Å². The van der Waals surface area contributed by atoms with Gasteiger partial charge in [-0.25, -0.2) is 8.42 Å². The van der Waals surface area contributed by atoms with Crippen molar-refractivity contribution in [2.75, 3.05) is 4.31 Å². The van der Waals surface area contributed by atoms with Crippen molar-refractivity contribution in [3.8, 4) is 11.5 Å². The molecular weight excluding hydrogens is 282 g/mol. The van der Waals surface area contributed by atoms with Gasteiger partial charge in [0.1, 0.15) is 16.4 Å². The van der Waals surface area contributed by atoms with Gasteiger partial charge in [0.2, 0.25) is 0 Å². The molecule has 3 rings (SSSR count). The summed E-state index contributed by atoms with van der Waals surface area (Å²) in [4.78, 5) is 11.8. The summed E-state index contributed by atoms with van der Waals surface area (Å²) < 4.78 is 25.4. The second-order valence-electron chi connectivity index (χ2n) is 4.25. The molecule has 1 aliphatic rings. The molecular formula is C13H9NO5S. The topological polar surface area (TPSA) is 94.9 Å². The number of phenolic OH excluding ortho intramolecular Hbond substituents is 2. The minimum absolute atomic E-state index is 0.174. The summed E-state index contributed by atoms with van der Waals surface area (Å²) in [6.45, 7) is 0. The summed E-state index contributed by atoms with van der Waals surface area (Å²) in [6.07, 6.45) is 0. The van der Waals surface area contributed by atoms with Crippen LogP contribution in [0.5, 0.6) is 11.5 Å². The molecule has 0 atom stereocenters. The lowest BCUT2D eigenvalue weighted by Gasteiger charge is -2.14. The fraction of sp³-hybridized carbons (Fsp3) is 0. The zero-order valence-corrected chi connectivity index (χ0v) is 10.8. The van der Waals surface area contributed by atoms with Crippen LogP contribution in [0.15, 0.2) is 47.4 Å². The number of anilines is 1. The number of amides is 1. The molecule has 0 bridgehead atoms. The highest BCUT2D eigenvalue weighted by atomic mass is 32.2. The lowest BCUT2D eigenvalue weighted by Crippen LogP contribution is -2.29. The summed E-state index contributed by atoms with van der Waals surface area (Å²) in [6, 6.07) is 9.73. The first-order valence-electron chi connectivity index (χ1n) is 5.63. The highest BCUT2D eigenvalue weighted by Gasteiger charge is 2.44. The summed E-state index contributed by atoms with van der Waals surface area (Å²) in [5.41, 5.74) is -0.0704. The molecule has 7 heteroatoms. The van der Waals surface area contributed by atoms with Gasteiger partial charge in [-0.15, -0.1) is 0 Å². The molecule has 0 unspecified atom stereocenters. The molecule has 0 aromatic heterocycles. The van der Waals surface area contributed by atoms with Crippen LogP contribution in [0.4, 0.5) is 5.69 Å². The SMILES string of the molecule is O=C1c2cc(O)cc(O)c2S(=O)(=O)N1c1ccccc1. The molecule has 0 spiro atoms. The van der Waals surface area contributed by atoms with E-state index in [9.17, 15) is 23.4 Å². The molecule has 0 aliphatic carbocycles. The summed E-state index contributed by atoms with van der Waals surface area (Å²) in [7, 11) is -4.17. The van der Waals surface area contributed by atoms with Crippen LogP contribution in [0, 0.1) is 0 Å². The maximum atomic E-state index is 12.4. The number of sulfonamides is 1. The van der Waals surface area contributed by atoms with Gasteiger partial charge in [-0.1, -0.05) is 18.2 Å². The third-order valence-corrected chi connectivity index (χ3v) is 4.76. The molecule has 2 aromatic rings. The van der Waals surface area contributed by atoms with Crippen LogP contribution < -0.4 is 4.31 Å². The van der Waals surface area contributed by atoms with Gasteiger partial charge in [-0.2, -0.15) is 4.31 Å². The van der Waals surface area contributed by atoms with E-state index in [4.69, 9.17) is 0 Å². The molecule has 0 saturated heterocycles. The zero-order valence-electron chi connectivity index (χ0n) is 10.0. The fourth-order valence-electron chi connectivity index (χ4n) is 2.16. The summed E-state index contributed by atoms with van der Waals surface area (Å²) >= 11 is 0. The maximum absolute atomic E-state index is 12.4. The van der Waals surface area contributed by atoms with E-state index >= 15 is 0 Å². The number of benzene rings is 2. The Balaban J connectivity index is 2.30. The third-order valence-electron chi connectivity index (χ3n) is 2.96. The van der Waals surface area contributed by atoms with E-state index in [1.54, 1.807) is 18.2 Å². The lowest BCUT2D eigenvalue weighted by molar-refractivity contribution is 0.101. The van der Waals surface area contributed by atoms with E-state index in [1.807, 2.05) is 0 Å². The third kappa shape index (κ3) is 1.56. The predicted molar refractivity (Wildman–Crippen MR) is 70.2 cm³/mol. The molecule has 20 heavy (non-hydrogen) atoms. The first kappa shape index (κ1) is 12.5. The Morgan fingerprint density at radius 1 is 1.00 bits per heavy atom. The highest BCUT2D eigenvalue weighted by molar-refractivity contribution is 7.94. The smallest absolute Gasteiger partial charge is 0.275 e. The van der Waals surface area contributed by atoms with E-state index in [-0.39, 0.29) is 17.0 Å². The van der Waals surface area contributed by atoms with E-state index in [0.29, 0.717) is 4.31 Å². The van der Waals surface area contributed by atoms with Crippen molar-refractivity contribution < 1.29 is 23.4 Å². The zero-order chi connectivity index (χ0) is 14.5. The fourth-order valence-corrected chi connectivity index (χ4v) is 3.80. The number of fused-ring (bicyclic) bond motifs is 1. The van der Waals surface area contributed by atoms with Gasteiger partial charge in [0, 0.05) is 6.07 Å². The minimum Gasteiger partial charge on any atom is -0.508 e. The number of carbonyl (C=O) groups is 1. The molecule has 2 N–H and O–H groups in total. The Bertz CT molecular complexity index is 814. The lowest BCUT2D eigenvalue weighted by atomic mass is 10.2. The quantitative estimate of drug-likeness (QED) is 0.829. The normalized spacial score (nSPS) is 16.2. The highest BCUT2D eigenvalue weighted by Crippen LogP contribution is 2.41. The first-order valence-corrected chi connectivity index (χ1v) is 7.07. The average molecular weight is 291 g/mol. The second kappa shape index (κ2) is 3.97. The van der Waals surface area contributed by atoms with Gasteiger partial charge < -0.3 is 10.2 Å². The van der Waals surface area contributed by atoms with Crippen LogP contribution in [-0.4, -0.2) is 24.5 Å². The molecule has 102 valence electrons. The van der Waals surface area contributed by atoms with Crippen LogP contribution in [-0.2, 0) is 10.0 Å². The van der Waals surface area contributed by atoms with Gasteiger partial charge in [-0.3, -0.25) is 4.79 Å². The van der Waals surface area contributed by atoms with Crippen LogP contribution in [0.2, 0.25) is 0 Å². The van der Waals surface area contributed by atoms with Gasteiger partial charge in [0.15, 0.2) is 0 Å². The van der Waals surface area contributed by atoms with Crippen molar-refractivity contribution in [1.82, 2.24) is 0 Å². The molecule has 0 fully saturated rings. The van der Waals surface area contributed by atoms with E-state index in [2.05, 4.69) is 0 Å². The maximum Gasteiger partial charge on any atom is 0.275 e. The Labute approximate surface area is 114 Å². The Kier molecular flexibility index (Phi) is 2.48. The largest absolute Gasteiger partial charge is 0.508 e. The number of hydrogen-bond acceptors (Lipinski definition) is 5. The molecule has 1 aliphatic heterocycles. The number of rotatable bonds is 1. The number of carbonyl (C=O) groups excluding carboxylic acids is 1. The Morgan fingerprint density at radius 2 is 1.65 bits per heavy atom. The van der Waals surface area contributed by atoms with Crippen molar-refractivity contribution in [2.24, 2.45) is 0 Å². The van der Waals surface area contributed by atoms with E-state index in [1.165, 1.54) is 12.1 Å². The average Bonchev–Trinajstić information content (AvgIpc) is 2.57. The van der Waals surface area contributed by atoms with Crippen LogP contribution >= 0.6 is 0 Å². The second-order valence-corrected chi connectivity index (χ2v) is 5.98. The van der Waals surface area contributed by atoms with Gasteiger partial charge >= 0.3 is 0 Å². The number of phenols is 2. The van der Waals surface area contributed by atoms with Gasteiger partial charge in [0.25, 0.3) is 15.9 Å². The van der Waals surface area contributed by atoms with Crippen LogP contribution in [0.25, 0.3) is 0 Å². The molecule has 1 heterocycles.